The van der Waals surface area contributed by atoms with Gasteiger partial charge >= 0.3 is 0 Å². The largest absolute Gasteiger partial charge is 0.186 e. The second-order valence-corrected chi connectivity index (χ2v) is 4.23. The van der Waals surface area contributed by atoms with E-state index < -0.39 is 0 Å². The lowest BCUT2D eigenvalue weighted by Crippen LogP contribution is -2.27. The first kappa shape index (κ1) is 6.58. The number of rotatable bonds is 0. The lowest BCUT2D eigenvalue weighted by atomic mass is 9.77. The normalized spacial score (nSPS) is 53.2. The third-order valence-electron chi connectivity index (χ3n) is 3.67. The zero-order valence-electron chi connectivity index (χ0n) is 7.36. The summed E-state index contributed by atoms with van der Waals surface area (Å²) in [6, 6.07) is 0.740. The fraction of sp³-hybridized carbons (Fsp3) is 0.600. The maximum Gasteiger partial charge on any atom is 0.0955 e. The molecule has 0 radical (unpaired) electrons. The molecule has 1 aliphatic heterocycles. The van der Waals surface area contributed by atoms with Crippen molar-refractivity contribution in [3.63, 3.8) is 0 Å². The highest BCUT2D eigenvalue weighted by Crippen LogP contribution is 2.54. The van der Waals surface area contributed by atoms with Crippen LogP contribution in [0, 0.1) is 11.3 Å². The number of azo groups is 1. The molecule has 0 saturated heterocycles. The van der Waals surface area contributed by atoms with Crippen LogP contribution < -0.4 is 0 Å². The van der Waals surface area contributed by atoms with Gasteiger partial charge in [-0.05, 0) is 6.92 Å². The molecule has 0 spiro atoms. The third-order valence-corrected chi connectivity index (χ3v) is 3.67. The molecule has 0 N–H and O–H groups in total. The molecule has 0 saturated carbocycles. The highest BCUT2D eigenvalue weighted by Gasteiger charge is 2.53. The van der Waals surface area contributed by atoms with Crippen LogP contribution in [0.2, 0.25) is 0 Å². The van der Waals surface area contributed by atoms with Gasteiger partial charge in [-0.25, -0.2) is 0 Å². The summed E-state index contributed by atoms with van der Waals surface area (Å²) >= 11 is 0. The summed E-state index contributed by atoms with van der Waals surface area (Å²) in [6.07, 6.45) is 6.80. The first-order chi connectivity index (χ1) is 5.72. The van der Waals surface area contributed by atoms with Gasteiger partial charge in [-0.3, -0.25) is 0 Å². The maximum absolute atomic E-state index is 4.27. The van der Waals surface area contributed by atoms with Crippen LogP contribution in [-0.4, -0.2) is 12.1 Å². The van der Waals surface area contributed by atoms with Crippen LogP contribution in [0.3, 0.4) is 0 Å². The standard InChI is InChI=1S/C10H12N2/c1-6-5-8-9-7(11-12-8)3-4-10(6,9)2/h3-5,7-9H,1-2H3/t7-,8+,9+,10+/m1/s1. The van der Waals surface area contributed by atoms with Crippen molar-refractivity contribution in [1.82, 2.24) is 0 Å². The Morgan fingerprint density at radius 1 is 1.33 bits per heavy atom. The summed E-state index contributed by atoms with van der Waals surface area (Å²) in [7, 11) is 0. The summed E-state index contributed by atoms with van der Waals surface area (Å²) in [5, 5.41) is 8.53. The summed E-state index contributed by atoms with van der Waals surface area (Å²) in [5.41, 5.74) is 1.73. The highest BCUT2D eigenvalue weighted by atomic mass is 15.2. The van der Waals surface area contributed by atoms with Gasteiger partial charge in [-0.15, -0.1) is 0 Å². The molecule has 2 nitrogen and oxygen atoms in total. The van der Waals surface area contributed by atoms with E-state index in [0.717, 1.165) is 0 Å². The monoisotopic (exact) mass is 160 g/mol. The minimum atomic E-state index is 0.263. The first-order valence-corrected chi connectivity index (χ1v) is 4.50. The van der Waals surface area contributed by atoms with E-state index in [2.05, 4.69) is 42.3 Å². The lowest BCUT2D eigenvalue weighted by Gasteiger charge is -2.26. The van der Waals surface area contributed by atoms with Crippen LogP contribution >= 0.6 is 0 Å². The Balaban J connectivity index is 2.19. The number of nitrogens with zero attached hydrogens (tertiary/aromatic N) is 2. The second kappa shape index (κ2) is 1.70. The zero-order chi connectivity index (χ0) is 8.34. The predicted molar refractivity (Wildman–Crippen MR) is 46.9 cm³/mol. The van der Waals surface area contributed by atoms with Gasteiger partial charge in [-0.1, -0.05) is 30.7 Å². The van der Waals surface area contributed by atoms with Crippen LogP contribution in [0.5, 0.6) is 0 Å². The quantitative estimate of drug-likeness (QED) is 0.486. The van der Waals surface area contributed by atoms with Crippen molar-refractivity contribution in [2.45, 2.75) is 25.9 Å². The van der Waals surface area contributed by atoms with E-state index in [0.29, 0.717) is 18.0 Å². The Hall–Kier alpha value is -0.920. The Bertz CT molecular complexity index is 327. The average Bonchev–Trinajstić information content (AvgIpc) is 2.60. The predicted octanol–water partition coefficient (Wildman–Crippen LogP) is 2.34. The summed E-state index contributed by atoms with van der Waals surface area (Å²) < 4.78 is 0. The number of hydrogen-bond acceptors (Lipinski definition) is 2. The topological polar surface area (TPSA) is 24.7 Å². The van der Waals surface area contributed by atoms with Crippen molar-refractivity contribution in [2.24, 2.45) is 21.6 Å². The molecule has 2 aliphatic carbocycles. The molecular formula is C10H12N2. The van der Waals surface area contributed by atoms with Crippen LogP contribution in [-0.2, 0) is 0 Å². The summed E-state index contributed by atoms with van der Waals surface area (Å²) in [6.45, 7) is 4.51. The third kappa shape index (κ3) is 0.510. The van der Waals surface area contributed by atoms with Crippen molar-refractivity contribution >= 4 is 0 Å². The number of allylic oxidation sites excluding steroid dienone is 2. The molecule has 0 aromatic rings. The van der Waals surface area contributed by atoms with Crippen molar-refractivity contribution in [3.8, 4) is 0 Å². The fourth-order valence-corrected chi connectivity index (χ4v) is 2.74. The molecule has 0 fully saturated rings. The van der Waals surface area contributed by atoms with Gasteiger partial charge in [-0.2, -0.15) is 10.2 Å². The molecule has 0 aromatic heterocycles. The van der Waals surface area contributed by atoms with Crippen molar-refractivity contribution in [2.75, 3.05) is 0 Å². The van der Waals surface area contributed by atoms with E-state index in [-0.39, 0.29) is 5.41 Å². The first-order valence-electron chi connectivity index (χ1n) is 4.50. The van der Waals surface area contributed by atoms with E-state index in [1.165, 1.54) is 5.57 Å². The minimum absolute atomic E-state index is 0.263. The Morgan fingerprint density at radius 3 is 2.92 bits per heavy atom. The Kier molecular flexibility index (Phi) is 0.935. The molecular weight excluding hydrogens is 148 g/mol. The van der Waals surface area contributed by atoms with E-state index in [1.54, 1.807) is 0 Å². The van der Waals surface area contributed by atoms with Crippen molar-refractivity contribution in [3.05, 3.63) is 23.8 Å². The van der Waals surface area contributed by atoms with Gasteiger partial charge in [0.05, 0.1) is 12.1 Å². The van der Waals surface area contributed by atoms with E-state index >= 15 is 0 Å². The van der Waals surface area contributed by atoms with Gasteiger partial charge in [0.25, 0.3) is 0 Å². The van der Waals surface area contributed by atoms with Gasteiger partial charge in [0.1, 0.15) is 0 Å². The van der Waals surface area contributed by atoms with Crippen LogP contribution in [0.1, 0.15) is 13.8 Å². The summed E-state index contributed by atoms with van der Waals surface area (Å²) in [5.74, 6) is 0.609. The lowest BCUT2D eigenvalue weighted by molar-refractivity contribution is 0.343. The van der Waals surface area contributed by atoms with E-state index in [4.69, 9.17) is 0 Å². The van der Waals surface area contributed by atoms with Crippen LogP contribution in [0.15, 0.2) is 34.0 Å². The van der Waals surface area contributed by atoms with Gasteiger partial charge in [0.2, 0.25) is 0 Å². The molecule has 0 bridgehead atoms. The molecule has 2 heteroatoms. The molecule has 3 rings (SSSR count). The van der Waals surface area contributed by atoms with Gasteiger partial charge in [0, 0.05) is 11.3 Å². The Morgan fingerprint density at radius 2 is 2.08 bits per heavy atom. The molecule has 0 aromatic carbocycles. The summed E-state index contributed by atoms with van der Waals surface area (Å²) in [4.78, 5) is 0. The SMILES string of the molecule is CC1=C[C@@H]2N=N[C@@H]3C=C[C@]1(C)[C@H]23. The van der Waals surface area contributed by atoms with Gasteiger partial charge in [0.15, 0.2) is 0 Å². The fourth-order valence-electron chi connectivity index (χ4n) is 2.74. The second-order valence-electron chi connectivity index (χ2n) is 4.23. The molecule has 4 atom stereocenters. The smallest absolute Gasteiger partial charge is 0.0955 e. The number of hydrogen-bond donors (Lipinski definition) is 0. The molecule has 0 amide bonds. The molecule has 0 unspecified atom stereocenters. The van der Waals surface area contributed by atoms with E-state index in [9.17, 15) is 0 Å². The molecule has 12 heavy (non-hydrogen) atoms. The minimum Gasteiger partial charge on any atom is -0.186 e. The van der Waals surface area contributed by atoms with Crippen molar-refractivity contribution < 1.29 is 0 Å². The zero-order valence-corrected chi connectivity index (χ0v) is 7.36. The van der Waals surface area contributed by atoms with Gasteiger partial charge < -0.3 is 0 Å². The maximum atomic E-state index is 4.27. The Labute approximate surface area is 72.1 Å². The van der Waals surface area contributed by atoms with Crippen LogP contribution in [0.25, 0.3) is 0 Å². The van der Waals surface area contributed by atoms with Crippen molar-refractivity contribution in [1.29, 1.82) is 0 Å². The molecule has 62 valence electrons. The van der Waals surface area contributed by atoms with Crippen LogP contribution in [0.4, 0.5) is 0 Å². The highest BCUT2D eigenvalue weighted by molar-refractivity contribution is 5.39. The molecule has 3 aliphatic rings. The van der Waals surface area contributed by atoms with E-state index in [1.807, 2.05) is 0 Å². The average molecular weight is 160 g/mol. The molecule has 1 heterocycles.